The van der Waals surface area contributed by atoms with Gasteiger partial charge in [0.1, 0.15) is 0 Å². The lowest BCUT2D eigenvalue weighted by molar-refractivity contribution is -0.384. The number of nitrogens with zero attached hydrogens (tertiary/aromatic N) is 1. The molecule has 0 atom stereocenters. The minimum atomic E-state index is -0.555. The molecule has 7 nitrogen and oxygen atoms in total. The number of hydrogen-bond donors (Lipinski definition) is 1. The van der Waals surface area contributed by atoms with Gasteiger partial charge in [-0.3, -0.25) is 19.7 Å². The van der Waals surface area contributed by atoms with Crippen molar-refractivity contribution in [3.05, 3.63) is 39.9 Å². The van der Waals surface area contributed by atoms with Crippen molar-refractivity contribution in [1.82, 2.24) is 5.32 Å². The van der Waals surface area contributed by atoms with Crippen molar-refractivity contribution in [2.75, 3.05) is 6.73 Å². The van der Waals surface area contributed by atoms with Gasteiger partial charge in [0.15, 0.2) is 6.73 Å². The number of nitro benzene ring substituents is 1. The highest BCUT2D eigenvalue weighted by Crippen LogP contribution is 2.11. The molecule has 7 heteroatoms. The zero-order chi connectivity index (χ0) is 12.8. The number of ether oxygens (including phenoxy) is 1. The predicted molar refractivity (Wildman–Crippen MR) is 57.2 cm³/mol. The van der Waals surface area contributed by atoms with E-state index in [-0.39, 0.29) is 18.0 Å². The second-order valence-corrected chi connectivity index (χ2v) is 3.09. The summed E-state index contributed by atoms with van der Waals surface area (Å²) in [5.41, 5.74) is 0.157. The van der Waals surface area contributed by atoms with Gasteiger partial charge in [0.25, 0.3) is 11.6 Å². The van der Waals surface area contributed by atoms with Gasteiger partial charge in [-0.05, 0) is 12.1 Å². The Morgan fingerprint density at radius 3 is 2.41 bits per heavy atom. The molecule has 0 aromatic heterocycles. The summed E-state index contributed by atoms with van der Waals surface area (Å²) < 4.78 is 4.52. The smallest absolute Gasteiger partial charge is 0.304 e. The third-order valence-corrected chi connectivity index (χ3v) is 1.85. The molecular weight excluding hydrogens is 228 g/mol. The summed E-state index contributed by atoms with van der Waals surface area (Å²) in [7, 11) is 0. The van der Waals surface area contributed by atoms with Crippen molar-refractivity contribution < 1.29 is 19.2 Å². The van der Waals surface area contributed by atoms with Crippen LogP contribution in [0.2, 0.25) is 0 Å². The van der Waals surface area contributed by atoms with Gasteiger partial charge < -0.3 is 10.1 Å². The summed E-state index contributed by atoms with van der Waals surface area (Å²) >= 11 is 0. The summed E-state index contributed by atoms with van der Waals surface area (Å²) in [6.45, 7) is 0.989. The molecule has 1 rings (SSSR count). The minimum Gasteiger partial charge on any atom is -0.445 e. The molecule has 0 spiro atoms. The van der Waals surface area contributed by atoms with E-state index < -0.39 is 16.8 Å². The zero-order valence-corrected chi connectivity index (χ0v) is 9.00. The number of nitrogens with one attached hydrogen (secondary N) is 1. The summed E-state index contributed by atoms with van der Waals surface area (Å²) in [6, 6.07) is 5.09. The Morgan fingerprint density at radius 1 is 1.35 bits per heavy atom. The van der Waals surface area contributed by atoms with Crippen LogP contribution in [0.15, 0.2) is 24.3 Å². The molecule has 0 aliphatic carbocycles. The van der Waals surface area contributed by atoms with Crippen LogP contribution in [-0.2, 0) is 9.53 Å². The van der Waals surface area contributed by atoms with E-state index in [1.807, 2.05) is 0 Å². The number of nitro groups is 1. The van der Waals surface area contributed by atoms with Crippen LogP contribution < -0.4 is 5.32 Å². The molecule has 1 aromatic carbocycles. The second kappa shape index (κ2) is 5.59. The summed E-state index contributed by atoms with van der Waals surface area (Å²) in [4.78, 5) is 31.7. The molecule has 1 N–H and O–H groups in total. The lowest BCUT2D eigenvalue weighted by atomic mass is 10.2. The number of carbonyl (C=O) groups is 2. The van der Waals surface area contributed by atoms with Crippen LogP contribution in [0.3, 0.4) is 0 Å². The Labute approximate surface area is 96.5 Å². The highest BCUT2D eigenvalue weighted by Gasteiger charge is 2.08. The monoisotopic (exact) mass is 238 g/mol. The lowest BCUT2D eigenvalue weighted by Crippen LogP contribution is -2.27. The van der Waals surface area contributed by atoms with E-state index in [1.165, 1.54) is 31.2 Å². The third kappa shape index (κ3) is 3.90. The van der Waals surface area contributed by atoms with E-state index in [9.17, 15) is 19.7 Å². The standard InChI is InChI=1S/C10H10N2O5/c1-7(13)17-6-11-10(14)8-2-4-9(5-3-8)12(15)16/h2-5H,6H2,1H3,(H,11,14). The highest BCUT2D eigenvalue weighted by atomic mass is 16.6. The van der Waals surface area contributed by atoms with Crippen LogP contribution in [0.1, 0.15) is 17.3 Å². The Kier molecular flexibility index (Phi) is 4.15. The topological polar surface area (TPSA) is 98.5 Å². The number of amides is 1. The molecule has 0 aliphatic rings. The number of hydrogen-bond acceptors (Lipinski definition) is 5. The van der Waals surface area contributed by atoms with Crippen LogP contribution in [-0.4, -0.2) is 23.5 Å². The second-order valence-electron chi connectivity index (χ2n) is 3.09. The van der Waals surface area contributed by atoms with Gasteiger partial charge >= 0.3 is 5.97 Å². The zero-order valence-electron chi connectivity index (χ0n) is 9.00. The predicted octanol–water partition coefficient (Wildman–Crippen LogP) is 0.845. The Balaban J connectivity index is 2.57. The molecule has 1 amide bonds. The molecule has 1 aromatic rings. The first-order valence-corrected chi connectivity index (χ1v) is 4.66. The van der Waals surface area contributed by atoms with E-state index in [2.05, 4.69) is 10.1 Å². The van der Waals surface area contributed by atoms with Gasteiger partial charge in [0, 0.05) is 24.6 Å². The minimum absolute atomic E-state index is 0.0958. The van der Waals surface area contributed by atoms with Gasteiger partial charge in [-0.25, -0.2) is 0 Å². The van der Waals surface area contributed by atoms with E-state index in [4.69, 9.17) is 0 Å². The van der Waals surface area contributed by atoms with Crippen molar-refractivity contribution in [1.29, 1.82) is 0 Å². The van der Waals surface area contributed by atoms with E-state index in [1.54, 1.807) is 0 Å². The maximum absolute atomic E-state index is 11.4. The fraction of sp³-hybridized carbons (Fsp3) is 0.200. The largest absolute Gasteiger partial charge is 0.445 e. The van der Waals surface area contributed by atoms with Crippen molar-refractivity contribution in [3.8, 4) is 0 Å². The Morgan fingerprint density at radius 2 is 1.94 bits per heavy atom. The van der Waals surface area contributed by atoms with Gasteiger partial charge in [-0.1, -0.05) is 0 Å². The molecule has 0 unspecified atom stereocenters. The number of non-ortho nitro benzene ring substituents is 1. The fourth-order valence-corrected chi connectivity index (χ4v) is 1.04. The van der Waals surface area contributed by atoms with Gasteiger partial charge in [-0.15, -0.1) is 0 Å². The first-order valence-electron chi connectivity index (χ1n) is 4.66. The average Bonchev–Trinajstić information content (AvgIpc) is 2.28. The number of rotatable bonds is 4. The number of benzene rings is 1. The van der Waals surface area contributed by atoms with E-state index >= 15 is 0 Å². The van der Waals surface area contributed by atoms with Crippen LogP contribution in [0.4, 0.5) is 5.69 Å². The first kappa shape index (κ1) is 12.6. The van der Waals surface area contributed by atoms with Crippen molar-refractivity contribution in [2.24, 2.45) is 0 Å². The van der Waals surface area contributed by atoms with Gasteiger partial charge in [0.2, 0.25) is 0 Å². The van der Waals surface area contributed by atoms with Crippen LogP contribution >= 0.6 is 0 Å². The molecule has 0 heterocycles. The van der Waals surface area contributed by atoms with E-state index in [0.29, 0.717) is 0 Å². The van der Waals surface area contributed by atoms with E-state index in [0.717, 1.165) is 0 Å². The average molecular weight is 238 g/mol. The molecule has 0 bridgehead atoms. The Bertz CT molecular complexity index is 441. The number of carbonyl (C=O) groups excluding carboxylic acids is 2. The molecule has 0 fully saturated rings. The molecule has 17 heavy (non-hydrogen) atoms. The van der Waals surface area contributed by atoms with Crippen molar-refractivity contribution in [2.45, 2.75) is 6.92 Å². The number of esters is 1. The van der Waals surface area contributed by atoms with Crippen LogP contribution in [0, 0.1) is 10.1 Å². The molecule has 0 saturated heterocycles. The Hall–Kier alpha value is -2.44. The lowest BCUT2D eigenvalue weighted by Gasteiger charge is -2.04. The maximum Gasteiger partial charge on any atom is 0.304 e. The first-order chi connectivity index (χ1) is 8.00. The van der Waals surface area contributed by atoms with Crippen molar-refractivity contribution >= 4 is 17.6 Å². The molecule has 0 aliphatic heterocycles. The SMILES string of the molecule is CC(=O)OCNC(=O)c1ccc([N+](=O)[O-])cc1. The normalized spacial score (nSPS) is 9.47. The van der Waals surface area contributed by atoms with Crippen LogP contribution in [0.5, 0.6) is 0 Å². The summed E-state index contributed by atoms with van der Waals surface area (Å²) in [5.74, 6) is -0.977. The molecular formula is C10H10N2O5. The third-order valence-electron chi connectivity index (χ3n) is 1.85. The molecule has 90 valence electrons. The van der Waals surface area contributed by atoms with Gasteiger partial charge in [-0.2, -0.15) is 0 Å². The molecule has 0 saturated carbocycles. The van der Waals surface area contributed by atoms with Crippen LogP contribution in [0.25, 0.3) is 0 Å². The maximum atomic E-state index is 11.4. The summed E-state index contributed by atoms with van der Waals surface area (Å²) in [6.07, 6.45) is 0. The van der Waals surface area contributed by atoms with Crippen molar-refractivity contribution in [3.63, 3.8) is 0 Å². The quantitative estimate of drug-likeness (QED) is 0.363. The summed E-state index contributed by atoms with van der Waals surface area (Å²) in [5, 5.41) is 12.7. The molecule has 0 radical (unpaired) electrons. The fourth-order valence-electron chi connectivity index (χ4n) is 1.04. The van der Waals surface area contributed by atoms with Gasteiger partial charge in [0.05, 0.1) is 4.92 Å². The highest BCUT2D eigenvalue weighted by molar-refractivity contribution is 5.94.